The number of benzene rings is 1. The van der Waals surface area contributed by atoms with Crippen LogP contribution in [-0.4, -0.2) is 22.5 Å². The zero-order valence-corrected chi connectivity index (χ0v) is 14.6. The molecule has 0 amide bonds. The standard InChI is InChI=1S/C16H17ClF3N3S/c1-9-3-2-6-23(9)8-13-14(22-15(21)24-13)10-4-5-12(17)11(7-10)16(18,19)20/h4-5,7,9H,2-3,6,8H2,1H3,(H2,21,22)/t9-/m1/s1. The molecule has 0 spiro atoms. The summed E-state index contributed by atoms with van der Waals surface area (Å²) in [4.78, 5) is 7.45. The van der Waals surface area contributed by atoms with Crippen molar-refractivity contribution in [2.45, 2.75) is 38.5 Å². The molecule has 1 saturated heterocycles. The largest absolute Gasteiger partial charge is 0.417 e. The zero-order valence-electron chi connectivity index (χ0n) is 13.0. The molecular formula is C16H17ClF3N3S. The highest BCUT2D eigenvalue weighted by Crippen LogP contribution is 2.39. The van der Waals surface area contributed by atoms with Crippen LogP contribution in [0.3, 0.4) is 0 Å². The second kappa shape index (κ2) is 6.54. The van der Waals surface area contributed by atoms with Crippen molar-refractivity contribution in [2.24, 2.45) is 0 Å². The van der Waals surface area contributed by atoms with E-state index in [2.05, 4.69) is 16.8 Å². The first-order valence-corrected chi connectivity index (χ1v) is 8.81. The molecule has 1 aromatic heterocycles. The van der Waals surface area contributed by atoms with E-state index in [0.29, 0.717) is 29.0 Å². The number of anilines is 1. The summed E-state index contributed by atoms with van der Waals surface area (Å²) < 4.78 is 39.3. The lowest BCUT2D eigenvalue weighted by Crippen LogP contribution is -2.25. The van der Waals surface area contributed by atoms with Crippen molar-refractivity contribution in [3.8, 4) is 11.3 Å². The molecule has 1 atom stereocenters. The Balaban J connectivity index is 1.98. The van der Waals surface area contributed by atoms with Crippen molar-refractivity contribution in [1.29, 1.82) is 0 Å². The Bertz CT molecular complexity index is 745. The first-order chi connectivity index (χ1) is 11.3. The minimum Gasteiger partial charge on any atom is -0.375 e. The molecular weight excluding hydrogens is 359 g/mol. The topological polar surface area (TPSA) is 42.1 Å². The predicted octanol–water partition coefficient (Wildman–Crippen LogP) is 5.05. The summed E-state index contributed by atoms with van der Waals surface area (Å²) in [6.45, 7) is 3.78. The van der Waals surface area contributed by atoms with Gasteiger partial charge in [-0.3, -0.25) is 4.90 Å². The third-order valence-corrected chi connectivity index (χ3v) is 5.50. The lowest BCUT2D eigenvalue weighted by molar-refractivity contribution is -0.137. The Morgan fingerprint density at radius 1 is 1.42 bits per heavy atom. The van der Waals surface area contributed by atoms with Crippen LogP contribution >= 0.6 is 22.9 Å². The van der Waals surface area contributed by atoms with Gasteiger partial charge in [0.25, 0.3) is 0 Å². The maximum atomic E-state index is 13.1. The van der Waals surface area contributed by atoms with E-state index in [1.54, 1.807) is 6.07 Å². The van der Waals surface area contributed by atoms with E-state index in [-0.39, 0.29) is 5.02 Å². The van der Waals surface area contributed by atoms with Crippen LogP contribution in [0.15, 0.2) is 18.2 Å². The van der Waals surface area contributed by atoms with Gasteiger partial charge in [0.1, 0.15) is 0 Å². The molecule has 0 bridgehead atoms. The third kappa shape index (κ3) is 3.53. The fourth-order valence-corrected chi connectivity index (χ4v) is 4.11. The van der Waals surface area contributed by atoms with E-state index in [0.717, 1.165) is 30.3 Å². The Hall–Kier alpha value is -1.31. The summed E-state index contributed by atoms with van der Waals surface area (Å²) >= 11 is 7.03. The van der Waals surface area contributed by atoms with Crippen molar-refractivity contribution in [3.63, 3.8) is 0 Å². The van der Waals surface area contributed by atoms with Crippen molar-refractivity contribution in [2.75, 3.05) is 12.3 Å². The highest BCUT2D eigenvalue weighted by Gasteiger charge is 2.34. The van der Waals surface area contributed by atoms with E-state index in [4.69, 9.17) is 17.3 Å². The number of likely N-dealkylation sites (tertiary alicyclic amines) is 1. The number of hydrogen-bond acceptors (Lipinski definition) is 4. The normalized spacial score (nSPS) is 19.1. The van der Waals surface area contributed by atoms with Gasteiger partial charge < -0.3 is 5.73 Å². The second-order valence-electron chi connectivity index (χ2n) is 5.98. The molecule has 0 aliphatic carbocycles. The van der Waals surface area contributed by atoms with Gasteiger partial charge >= 0.3 is 6.18 Å². The lowest BCUT2D eigenvalue weighted by atomic mass is 10.1. The molecule has 1 aromatic carbocycles. The van der Waals surface area contributed by atoms with Gasteiger partial charge in [0.05, 0.1) is 16.3 Å². The van der Waals surface area contributed by atoms with Gasteiger partial charge in [-0.15, -0.1) is 11.3 Å². The zero-order chi connectivity index (χ0) is 17.5. The molecule has 130 valence electrons. The minimum absolute atomic E-state index is 0.316. The quantitative estimate of drug-likeness (QED) is 0.816. The molecule has 2 N–H and O–H groups in total. The average Bonchev–Trinajstić information content (AvgIpc) is 3.05. The average molecular weight is 376 g/mol. The van der Waals surface area contributed by atoms with Crippen LogP contribution in [0.2, 0.25) is 5.02 Å². The summed E-state index contributed by atoms with van der Waals surface area (Å²) in [5, 5.41) is 0.0412. The molecule has 1 aliphatic rings. The van der Waals surface area contributed by atoms with Gasteiger partial charge in [0.15, 0.2) is 5.13 Å². The number of nitrogens with zero attached hydrogens (tertiary/aromatic N) is 2. The van der Waals surface area contributed by atoms with Crippen LogP contribution in [0, 0.1) is 0 Å². The SMILES string of the molecule is C[C@@H]1CCCN1Cc1sc(N)nc1-c1ccc(Cl)c(C(F)(F)F)c1. The van der Waals surface area contributed by atoms with Crippen molar-refractivity contribution in [3.05, 3.63) is 33.7 Å². The molecule has 1 aliphatic heterocycles. The molecule has 24 heavy (non-hydrogen) atoms. The maximum Gasteiger partial charge on any atom is 0.417 e. The summed E-state index contributed by atoms with van der Waals surface area (Å²) in [5.74, 6) is 0. The molecule has 3 rings (SSSR count). The number of alkyl halides is 3. The smallest absolute Gasteiger partial charge is 0.375 e. The molecule has 0 saturated carbocycles. The Labute approximate surface area is 147 Å². The Kier molecular flexibility index (Phi) is 4.77. The predicted molar refractivity (Wildman–Crippen MR) is 91.1 cm³/mol. The van der Waals surface area contributed by atoms with Crippen LogP contribution in [0.5, 0.6) is 0 Å². The van der Waals surface area contributed by atoms with E-state index in [1.807, 2.05) is 0 Å². The molecule has 2 aromatic rings. The third-order valence-electron chi connectivity index (χ3n) is 4.30. The van der Waals surface area contributed by atoms with Crippen LogP contribution in [-0.2, 0) is 12.7 Å². The molecule has 2 heterocycles. The van der Waals surface area contributed by atoms with Gasteiger partial charge in [0, 0.05) is 23.0 Å². The summed E-state index contributed by atoms with van der Waals surface area (Å²) in [6, 6.07) is 4.32. The Morgan fingerprint density at radius 3 is 2.79 bits per heavy atom. The van der Waals surface area contributed by atoms with Gasteiger partial charge in [-0.25, -0.2) is 4.98 Å². The van der Waals surface area contributed by atoms with Gasteiger partial charge in [-0.2, -0.15) is 13.2 Å². The summed E-state index contributed by atoms with van der Waals surface area (Å²) in [7, 11) is 0. The number of aromatic nitrogens is 1. The first kappa shape index (κ1) is 17.5. The number of nitrogens with two attached hydrogens (primary N) is 1. The van der Waals surface area contributed by atoms with E-state index in [1.165, 1.54) is 17.4 Å². The van der Waals surface area contributed by atoms with Gasteiger partial charge in [-0.05, 0) is 38.4 Å². The molecule has 8 heteroatoms. The maximum absolute atomic E-state index is 13.1. The highest BCUT2D eigenvalue weighted by atomic mass is 35.5. The van der Waals surface area contributed by atoms with Crippen molar-refractivity contribution in [1.82, 2.24) is 9.88 Å². The second-order valence-corrected chi connectivity index (χ2v) is 7.50. The molecule has 1 fully saturated rings. The number of rotatable bonds is 3. The van der Waals surface area contributed by atoms with E-state index < -0.39 is 11.7 Å². The summed E-state index contributed by atoms with van der Waals surface area (Å²) in [6.07, 6.45) is -2.25. The monoisotopic (exact) mass is 375 g/mol. The fraction of sp³-hybridized carbons (Fsp3) is 0.438. The molecule has 0 unspecified atom stereocenters. The highest BCUT2D eigenvalue weighted by molar-refractivity contribution is 7.15. The number of nitrogen functional groups attached to an aromatic ring is 1. The van der Waals surface area contributed by atoms with Crippen LogP contribution in [0.4, 0.5) is 18.3 Å². The minimum atomic E-state index is -4.50. The van der Waals surface area contributed by atoms with Gasteiger partial charge in [-0.1, -0.05) is 17.7 Å². The van der Waals surface area contributed by atoms with Crippen LogP contribution in [0.1, 0.15) is 30.2 Å². The molecule has 3 nitrogen and oxygen atoms in total. The summed E-state index contributed by atoms with van der Waals surface area (Å²) in [5.41, 5.74) is 5.87. The molecule has 0 radical (unpaired) electrons. The number of halogens is 4. The lowest BCUT2D eigenvalue weighted by Gasteiger charge is -2.20. The van der Waals surface area contributed by atoms with Crippen LogP contribution in [0.25, 0.3) is 11.3 Å². The Morgan fingerprint density at radius 2 is 2.17 bits per heavy atom. The van der Waals surface area contributed by atoms with Crippen molar-refractivity contribution < 1.29 is 13.2 Å². The fourth-order valence-electron chi connectivity index (χ4n) is 3.00. The number of thiazole rings is 1. The van der Waals surface area contributed by atoms with Crippen molar-refractivity contribution >= 4 is 28.1 Å². The van der Waals surface area contributed by atoms with Gasteiger partial charge in [0.2, 0.25) is 0 Å². The van der Waals surface area contributed by atoms with E-state index in [9.17, 15) is 13.2 Å². The van der Waals surface area contributed by atoms with E-state index >= 15 is 0 Å². The van der Waals surface area contributed by atoms with Crippen LogP contribution < -0.4 is 5.73 Å². The number of hydrogen-bond donors (Lipinski definition) is 1. The first-order valence-electron chi connectivity index (χ1n) is 7.62.